The smallest absolute Gasteiger partial charge is 0.272 e. The molecule has 19 heavy (non-hydrogen) atoms. The summed E-state index contributed by atoms with van der Waals surface area (Å²) in [5.41, 5.74) is 0.407. The van der Waals surface area contributed by atoms with E-state index in [1.54, 1.807) is 6.07 Å². The van der Waals surface area contributed by atoms with E-state index < -0.39 is 0 Å². The van der Waals surface area contributed by atoms with Crippen molar-refractivity contribution in [2.24, 2.45) is 0 Å². The number of piperazine rings is 1. The Hall–Kier alpha value is -1.69. The molecule has 1 aromatic heterocycles. The fourth-order valence-corrected chi connectivity index (χ4v) is 2.14. The number of amides is 1. The molecule has 0 aromatic carbocycles. The first kappa shape index (κ1) is 12.3. The molecule has 1 aliphatic heterocycles. The third-order valence-electron chi connectivity index (χ3n) is 3.62. The minimum Gasteiger partial charge on any atom is -0.353 e. The minimum atomic E-state index is -0.111. The van der Waals surface area contributed by atoms with Crippen molar-refractivity contribution in [3.63, 3.8) is 0 Å². The molecule has 1 aromatic rings. The minimum absolute atomic E-state index is 0.111. The van der Waals surface area contributed by atoms with Crippen molar-refractivity contribution in [1.29, 1.82) is 0 Å². The molecule has 1 amide bonds. The zero-order valence-corrected chi connectivity index (χ0v) is 11.2. The van der Waals surface area contributed by atoms with Crippen molar-refractivity contribution >= 4 is 11.7 Å². The highest BCUT2D eigenvalue weighted by molar-refractivity contribution is 5.92. The number of rotatable bonds is 3. The van der Waals surface area contributed by atoms with Crippen LogP contribution in [0, 0.1) is 0 Å². The third kappa shape index (κ3) is 3.01. The molecule has 1 saturated heterocycles. The standard InChI is InChI=1S/C13H19N5O/c1-17-6-8-18(9-7-17)12-5-4-11(15-16-12)13(19)14-10-2-3-10/h4-5,10H,2-3,6-9H2,1H3,(H,14,19). The van der Waals surface area contributed by atoms with E-state index in [9.17, 15) is 4.79 Å². The number of nitrogens with zero attached hydrogens (tertiary/aromatic N) is 4. The van der Waals surface area contributed by atoms with Crippen molar-refractivity contribution in [2.75, 3.05) is 38.1 Å². The summed E-state index contributed by atoms with van der Waals surface area (Å²) in [7, 11) is 2.12. The van der Waals surface area contributed by atoms with Crippen molar-refractivity contribution < 1.29 is 4.79 Å². The summed E-state index contributed by atoms with van der Waals surface area (Å²) in [6.07, 6.45) is 2.16. The van der Waals surface area contributed by atoms with Crippen LogP contribution in [-0.4, -0.2) is 60.3 Å². The van der Waals surface area contributed by atoms with Crippen LogP contribution in [0.25, 0.3) is 0 Å². The highest BCUT2D eigenvalue weighted by Crippen LogP contribution is 2.19. The Labute approximate surface area is 112 Å². The predicted molar refractivity (Wildman–Crippen MR) is 72.2 cm³/mol. The van der Waals surface area contributed by atoms with Gasteiger partial charge in [0.2, 0.25) is 0 Å². The molecule has 6 nitrogen and oxygen atoms in total. The maximum absolute atomic E-state index is 11.8. The average Bonchev–Trinajstić information content (AvgIpc) is 3.24. The Bertz CT molecular complexity index is 449. The Morgan fingerprint density at radius 1 is 1.21 bits per heavy atom. The van der Waals surface area contributed by atoms with Crippen LogP contribution in [0.1, 0.15) is 23.3 Å². The van der Waals surface area contributed by atoms with E-state index in [0.717, 1.165) is 44.8 Å². The van der Waals surface area contributed by atoms with E-state index in [2.05, 4.69) is 32.4 Å². The number of carbonyl (C=O) groups excluding carboxylic acids is 1. The summed E-state index contributed by atoms with van der Waals surface area (Å²) >= 11 is 0. The van der Waals surface area contributed by atoms with E-state index in [0.29, 0.717) is 11.7 Å². The number of anilines is 1. The lowest BCUT2D eigenvalue weighted by atomic mass is 10.3. The summed E-state index contributed by atoms with van der Waals surface area (Å²) in [6, 6.07) is 4.00. The second-order valence-electron chi connectivity index (χ2n) is 5.31. The van der Waals surface area contributed by atoms with Gasteiger partial charge in [-0.25, -0.2) is 0 Å². The van der Waals surface area contributed by atoms with Gasteiger partial charge in [0.05, 0.1) is 0 Å². The van der Waals surface area contributed by atoms with Crippen LogP contribution in [0.2, 0.25) is 0 Å². The summed E-state index contributed by atoms with van der Waals surface area (Å²) in [6.45, 7) is 3.98. The Balaban J connectivity index is 1.63. The lowest BCUT2D eigenvalue weighted by molar-refractivity contribution is 0.0945. The number of nitrogens with one attached hydrogen (secondary N) is 1. The van der Waals surface area contributed by atoms with Gasteiger partial charge >= 0.3 is 0 Å². The van der Waals surface area contributed by atoms with E-state index in [4.69, 9.17) is 0 Å². The van der Waals surface area contributed by atoms with E-state index in [1.165, 1.54) is 0 Å². The average molecular weight is 261 g/mol. The molecular weight excluding hydrogens is 242 g/mol. The molecule has 1 N–H and O–H groups in total. The van der Waals surface area contributed by atoms with Gasteiger partial charge < -0.3 is 15.1 Å². The van der Waals surface area contributed by atoms with Crippen LogP contribution in [0.3, 0.4) is 0 Å². The Morgan fingerprint density at radius 2 is 1.95 bits per heavy atom. The normalized spacial score (nSPS) is 20.4. The largest absolute Gasteiger partial charge is 0.353 e. The van der Waals surface area contributed by atoms with Crippen molar-refractivity contribution in [1.82, 2.24) is 20.4 Å². The van der Waals surface area contributed by atoms with Gasteiger partial charge in [-0.1, -0.05) is 0 Å². The molecule has 0 bridgehead atoms. The molecule has 2 heterocycles. The molecule has 0 atom stereocenters. The van der Waals surface area contributed by atoms with Gasteiger partial charge in [0.15, 0.2) is 11.5 Å². The number of aromatic nitrogens is 2. The van der Waals surface area contributed by atoms with Gasteiger partial charge in [-0.05, 0) is 32.0 Å². The number of hydrogen-bond acceptors (Lipinski definition) is 5. The maximum atomic E-state index is 11.8. The third-order valence-corrected chi connectivity index (χ3v) is 3.62. The summed E-state index contributed by atoms with van der Waals surface area (Å²) in [5.74, 6) is 0.746. The monoisotopic (exact) mass is 261 g/mol. The SMILES string of the molecule is CN1CCN(c2ccc(C(=O)NC3CC3)nn2)CC1. The maximum Gasteiger partial charge on any atom is 0.272 e. The van der Waals surface area contributed by atoms with E-state index in [1.807, 2.05) is 6.07 Å². The number of hydrogen-bond donors (Lipinski definition) is 1. The second kappa shape index (κ2) is 5.13. The number of carbonyl (C=O) groups is 1. The van der Waals surface area contributed by atoms with Gasteiger partial charge in [-0.2, -0.15) is 0 Å². The van der Waals surface area contributed by atoms with Crippen LogP contribution in [0.5, 0.6) is 0 Å². The lowest BCUT2D eigenvalue weighted by Crippen LogP contribution is -2.44. The summed E-state index contributed by atoms with van der Waals surface area (Å²) < 4.78 is 0. The Morgan fingerprint density at radius 3 is 2.53 bits per heavy atom. The Kier molecular flexibility index (Phi) is 3.33. The molecule has 1 saturated carbocycles. The molecule has 3 rings (SSSR count). The fourth-order valence-electron chi connectivity index (χ4n) is 2.14. The topological polar surface area (TPSA) is 61.4 Å². The van der Waals surface area contributed by atoms with Crippen LogP contribution in [0.4, 0.5) is 5.82 Å². The molecule has 6 heteroatoms. The van der Waals surface area contributed by atoms with E-state index >= 15 is 0 Å². The number of likely N-dealkylation sites (N-methyl/N-ethyl adjacent to an activating group) is 1. The van der Waals surface area contributed by atoms with Gasteiger partial charge in [0.25, 0.3) is 5.91 Å². The van der Waals surface area contributed by atoms with Crippen LogP contribution >= 0.6 is 0 Å². The molecule has 0 radical (unpaired) electrons. The summed E-state index contributed by atoms with van der Waals surface area (Å²) in [5, 5.41) is 11.1. The van der Waals surface area contributed by atoms with Crippen molar-refractivity contribution in [3.05, 3.63) is 17.8 Å². The highest BCUT2D eigenvalue weighted by Gasteiger charge is 2.24. The first-order chi connectivity index (χ1) is 9.22. The molecule has 102 valence electrons. The van der Waals surface area contributed by atoms with Crippen LogP contribution in [0.15, 0.2) is 12.1 Å². The first-order valence-electron chi connectivity index (χ1n) is 6.80. The van der Waals surface area contributed by atoms with Crippen LogP contribution in [-0.2, 0) is 0 Å². The molecule has 2 fully saturated rings. The van der Waals surface area contributed by atoms with E-state index in [-0.39, 0.29) is 5.91 Å². The zero-order chi connectivity index (χ0) is 13.2. The molecule has 0 unspecified atom stereocenters. The predicted octanol–water partition coefficient (Wildman–Crippen LogP) is 0.121. The van der Waals surface area contributed by atoms with Gasteiger partial charge in [0, 0.05) is 32.2 Å². The molecule has 1 aliphatic carbocycles. The fraction of sp³-hybridized carbons (Fsp3) is 0.615. The van der Waals surface area contributed by atoms with Gasteiger partial charge in [-0.3, -0.25) is 4.79 Å². The molecule has 0 spiro atoms. The highest BCUT2D eigenvalue weighted by atomic mass is 16.2. The van der Waals surface area contributed by atoms with Crippen LogP contribution < -0.4 is 10.2 Å². The molecule has 2 aliphatic rings. The van der Waals surface area contributed by atoms with Gasteiger partial charge in [0.1, 0.15) is 0 Å². The van der Waals surface area contributed by atoms with Crippen molar-refractivity contribution in [3.8, 4) is 0 Å². The summed E-state index contributed by atoms with van der Waals surface area (Å²) in [4.78, 5) is 16.3. The zero-order valence-electron chi connectivity index (χ0n) is 11.2. The molecular formula is C13H19N5O. The second-order valence-corrected chi connectivity index (χ2v) is 5.31. The first-order valence-corrected chi connectivity index (χ1v) is 6.80. The quantitative estimate of drug-likeness (QED) is 0.837. The lowest BCUT2D eigenvalue weighted by Gasteiger charge is -2.32. The van der Waals surface area contributed by atoms with Crippen molar-refractivity contribution in [2.45, 2.75) is 18.9 Å². The van der Waals surface area contributed by atoms with Gasteiger partial charge in [-0.15, -0.1) is 10.2 Å².